The van der Waals surface area contributed by atoms with Crippen molar-refractivity contribution in [3.63, 3.8) is 0 Å². The van der Waals surface area contributed by atoms with Gasteiger partial charge in [-0.1, -0.05) is 78.3 Å². The smallest absolute Gasteiger partial charge is 0.265 e. The molecule has 0 saturated heterocycles. The van der Waals surface area contributed by atoms with Crippen LogP contribution in [0.4, 0.5) is 5.69 Å². The van der Waals surface area contributed by atoms with Crippen LogP contribution in [0.1, 0.15) is 37.8 Å². The maximum absolute atomic E-state index is 13.9. The van der Waals surface area contributed by atoms with Crippen LogP contribution in [0, 0.1) is 0 Å². The summed E-state index contributed by atoms with van der Waals surface area (Å²) in [5.74, 6) is -0.461. The molecule has 4 aromatic rings. The second-order valence-corrected chi connectivity index (χ2v) is 13.1. The quantitative estimate of drug-likeness (QED) is 0.230. The lowest BCUT2D eigenvalue weighted by atomic mass is 10.0. The monoisotopic (exact) mass is 603 g/mol. The van der Waals surface area contributed by atoms with Crippen LogP contribution in [0.15, 0.2) is 95.9 Å². The molecule has 0 aliphatic carbocycles. The number of benzene rings is 4. The molecule has 0 bridgehead atoms. The predicted octanol–water partition coefficient (Wildman–Crippen LogP) is 5.95. The average Bonchev–Trinajstić information content (AvgIpc) is 3.19. The van der Waals surface area contributed by atoms with Gasteiger partial charge in [-0.25, -0.2) is 8.42 Å². The largest absolute Gasteiger partial charge is 0.352 e. The Morgan fingerprint density at radius 1 is 0.881 bits per heavy atom. The second kappa shape index (κ2) is 12.5. The van der Waals surface area contributed by atoms with E-state index in [2.05, 4.69) is 5.32 Å². The minimum Gasteiger partial charge on any atom is -0.352 e. The van der Waals surface area contributed by atoms with Gasteiger partial charge in [0.25, 0.3) is 10.0 Å². The molecule has 1 atom stereocenters. The topological polar surface area (TPSA) is 86.8 Å². The summed E-state index contributed by atoms with van der Waals surface area (Å²) in [4.78, 5) is 29.4. The van der Waals surface area contributed by atoms with Crippen molar-refractivity contribution in [3.8, 4) is 0 Å². The molecule has 0 radical (unpaired) electrons. The number of hydrogen-bond donors (Lipinski definition) is 1. The van der Waals surface area contributed by atoms with Crippen LogP contribution < -0.4 is 9.62 Å². The van der Waals surface area contributed by atoms with Gasteiger partial charge in [-0.15, -0.1) is 0 Å². The average molecular weight is 604 g/mol. The number of carbonyl (C=O) groups excluding carboxylic acids is 2. The van der Waals surface area contributed by atoms with Crippen LogP contribution in [0.25, 0.3) is 10.8 Å². The highest BCUT2D eigenvalue weighted by Gasteiger charge is 2.36. The summed E-state index contributed by atoms with van der Waals surface area (Å²) in [5.41, 5.74) is 2.41. The predicted molar refractivity (Wildman–Crippen MR) is 167 cm³/mol. The van der Waals surface area contributed by atoms with Gasteiger partial charge < -0.3 is 10.2 Å². The third-order valence-corrected chi connectivity index (χ3v) is 9.51. The van der Waals surface area contributed by atoms with Gasteiger partial charge in [0.2, 0.25) is 11.8 Å². The van der Waals surface area contributed by atoms with E-state index in [1.165, 1.54) is 4.31 Å². The number of halogens is 1. The minimum atomic E-state index is -3.72. The zero-order valence-electron chi connectivity index (χ0n) is 23.7. The van der Waals surface area contributed by atoms with Crippen molar-refractivity contribution in [1.82, 2.24) is 10.2 Å². The Labute approximate surface area is 252 Å². The van der Waals surface area contributed by atoms with Crippen LogP contribution in [-0.2, 0) is 32.6 Å². The van der Waals surface area contributed by atoms with Gasteiger partial charge in [0, 0.05) is 42.4 Å². The summed E-state index contributed by atoms with van der Waals surface area (Å²) >= 11 is 6.11. The number of nitrogens with zero attached hydrogens (tertiary/aromatic N) is 2. The van der Waals surface area contributed by atoms with Crippen molar-refractivity contribution in [1.29, 1.82) is 0 Å². The van der Waals surface area contributed by atoms with Crippen LogP contribution in [-0.4, -0.2) is 43.8 Å². The van der Waals surface area contributed by atoms with Gasteiger partial charge in [0.05, 0.1) is 10.6 Å². The zero-order valence-corrected chi connectivity index (χ0v) is 25.2. The number of anilines is 1. The fourth-order valence-electron chi connectivity index (χ4n) is 5.44. The van der Waals surface area contributed by atoms with Gasteiger partial charge in [-0.2, -0.15) is 0 Å². The van der Waals surface area contributed by atoms with Crippen LogP contribution in [0.2, 0.25) is 5.02 Å². The number of nitrogens with one attached hydrogen (secondary N) is 1. The van der Waals surface area contributed by atoms with Crippen molar-refractivity contribution in [2.75, 3.05) is 10.8 Å². The summed E-state index contributed by atoms with van der Waals surface area (Å²) in [6, 6.07) is 26.8. The Morgan fingerprint density at radius 2 is 1.57 bits per heavy atom. The van der Waals surface area contributed by atoms with E-state index in [1.54, 1.807) is 35.2 Å². The summed E-state index contributed by atoms with van der Waals surface area (Å²) in [7, 11) is -3.72. The maximum Gasteiger partial charge on any atom is 0.265 e. The molecule has 7 nitrogen and oxygen atoms in total. The highest BCUT2D eigenvalue weighted by Crippen LogP contribution is 2.42. The molecule has 0 fully saturated rings. The van der Waals surface area contributed by atoms with Crippen molar-refractivity contribution in [2.45, 2.75) is 56.6 Å². The standard InChI is InChI=1S/C33H34ClN3O4S/c1-23(2)35-33(39)29(21-24-9-4-3-5-10-24)36(22-25-16-18-27(34)19-17-25)31(38)15-8-20-37-28-13-6-11-26-12-7-14-30(32(26)28)42(37,40)41/h3-7,9-14,16-19,23,29H,8,15,20-22H2,1-2H3,(H,35,39)/t29-/m0/s1. The Hall–Kier alpha value is -3.88. The lowest BCUT2D eigenvalue weighted by Crippen LogP contribution is -2.51. The molecule has 2 amide bonds. The van der Waals surface area contributed by atoms with E-state index in [1.807, 2.05) is 74.5 Å². The highest BCUT2D eigenvalue weighted by molar-refractivity contribution is 7.93. The molecule has 0 saturated carbocycles. The first-order chi connectivity index (χ1) is 20.1. The molecule has 0 spiro atoms. The molecule has 1 heterocycles. The minimum absolute atomic E-state index is 0.0756. The van der Waals surface area contributed by atoms with Crippen molar-refractivity contribution in [2.24, 2.45) is 0 Å². The maximum atomic E-state index is 13.9. The summed E-state index contributed by atoms with van der Waals surface area (Å²) in [6.45, 7) is 4.14. The Morgan fingerprint density at radius 3 is 2.26 bits per heavy atom. The molecule has 0 aromatic heterocycles. The molecule has 9 heteroatoms. The first kappa shape index (κ1) is 29.6. The Balaban J connectivity index is 1.39. The Kier molecular flexibility index (Phi) is 8.85. The van der Waals surface area contributed by atoms with E-state index < -0.39 is 16.1 Å². The summed E-state index contributed by atoms with van der Waals surface area (Å²) in [6.07, 6.45) is 0.714. The van der Waals surface area contributed by atoms with Crippen molar-refractivity contribution in [3.05, 3.63) is 107 Å². The first-order valence-electron chi connectivity index (χ1n) is 14.1. The molecular weight excluding hydrogens is 570 g/mol. The van der Waals surface area contributed by atoms with E-state index in [0.29, 0.717) is 33.8 Å². The number of rotatable bonds is 11. The van der Waals surface area contributed by atoms with Gasteiger partial charge in [0.15, 0.2) is 0 Å². The molecule has 218 valence electrons. The molecule has 1 aliphatic rings. The third kappa shape index (κ3) is 6.30. The van der Waals surface area contributed by atoms with E-state index in [4.69, 9.17) is 11.6 Å². The van der Waals surface area contributed by atoms with Gasteiger partial charge in [-0.3, -0.25) is 13.9 Å². The molecule has 4 aromatic carbocycles. The van der Waals surface area contributed by atoms with Gasteiger partial charge in [-0.05, 0) is 61.0 Å². The fraction of sp³-hybridized carbons (Fsp3) is 0.273. The normalized spacial score (nSPS) is 14.2. The third-order valence-electron chi connectivity index (χ3n) is 7.40. The van der Waals surface area contributed by atoms with Crippen LogP contribution in [0.5, 0.6) is 0 Å². The lowest BCUT2D eigenvalue weighted by molar-refractivity contribution is -0.141. The lowest BCUT2D eigenvalue weighted by Gasteiger charge is -2.32. The zero-order chi connectivity index (χ0) is 29.9. The molecule has 42 heavy (non-hydrogen) atoms. The SMILES string of the molecule is CC(C)NC(=O)[C@H](Cc1ccccc1)N(Cc1ccc(Cl)cc1)C(=O)CCCN1c2cccc3cccc(c23)S1(=O)=O. The number of hydrogen-bond acceptors (Lipinski definition) is 4. The van der Waals surface area contributed by atoms with E-state index in [0.717, 1.165) is 16.5 Å². The number of sulfonamides is 1. The van der Waals surface area contributed by atoms with E-state index in [9.17, 15) is 18.0 Å². The second-order valence-electron chi connectivity index (χ2n) is 10.8. The van der Waals surface area contributed by atoms with Crippen molar-refractivity contribution < 1.29 is 18.0 Å². The van der Waals surface area contributed by atoms with Crippen LogP contribution in [0.3, 0.4) is 0 Å². The van der Waals surface area contributed by atoms with Crippen molar-refractivity contribution >= 4 is 49.9 Å². The number of carbonyl (C=O) groups is 2. The summed E-state index contributed by atoms with van der Waals surface area (Å²) < 4.78 is 28.2. The molecule has 0 unspecified atom stereocenters. The fourth-order valence-corrected chi connectivity index (χ4v) is 7.31. The van der Waals surface area contributed by atoms with Crippen LogP contribution >= 0.6 is 11.6 Å². The molecule has 1 aliphatic heterocycles. The summed E-state index contributed by atoms with van der Waals surface area (Å²) in [5, 5.41) is 5.14. The first-order valence-corrected chi connectivity index (χ1v) is 15.9. The molecular formula is C33H34ClN3O4S. The van der Waals surface area contributed by atoms with E-state index in [-0.39, 0.29) is 37.4 Å². The van der Waals surface area contributed by atoms with Gasteiger partial charge >= 0.3 is 0 Å². The highest BCUT2D eigenvalue weighted by atomic mass is 35.5. The van der Waals surface area contributed by atoms with E-state index >= 15 is 0 Å². The van der Waals surface area contributed by atoms with Gasteiger partial charge in [0.1, 0.15) is 6.04 Å². The number of amides is 2. The molecule has 5 rings (SSSR count). The Bertz CT molecular complexity index is 1690. The molecule has 1 N–H and O–H groups in total.